The Kier molecular flexibility index (Phi) is 7.08. The molecule has 0 bridgehead atoms. The molecule has 0 radical (unpaired) electrons. The van der Waals surface area contributed by atoms with E-state index in [-0.39, 0.29) is 24.6 Å². The molecule has 8 heteroatoms. The smallest absolute Gasteiger partial charge is 0.266 e. The van der Waals surface area contributed by atoms with Crippen molar-refractivity contribution in [1.29, 1.82) is 0 Å². The number of methoxy groups -OCH3 is 1. The largest absolute Gasteiger partial charge is 0.497 e. The standard InChI is InChI=1S/C22H22ClN3O4/c1-15(30-20-6-4-3-5-18(20)23)22(28)24-13-14-26-21(27)12-11-19(25-26)16-7-9-17(29-2)10-8-16/h3-12,15H,13-14H2,1-2H3,(H,24,28). The number of benzene rings is 2. The number of carbonyl (C=O) groups excluding carboxylic acids is 1. The zero-order valence-electron chi connectivity index (χ0n) is 16.7. The Hall–Kier alpha value is -3.32. The molecule has 3 rings (SSSR count). The van der Waals surface area contributed by atoms with Gasteiger partial charge in [0, 0.05) is 18.2 Å². The van der Waals surface area contributed by atoms with Gasteiger partial charge in [0.15, 0.2) is 6.10 Å². The van der Waals surface area contributed by atoms with Crippen molar-refractivity contribution in [3.8, 4) is 22.8 Å². The van der Waals surface area contributed by atoms with Gasteiger partial charge < -0.3 is 14.8 Å². The fraction of sp³-hybridized carbons (Fsp3) is 0.227. The predicted octanol–water partition coefficient (Wildman–Crippen LogP) is 3.16. The molecule has 1 amide bonds. The van der Waals surface area contributed by atoms with Crippen LogP contribution in [-0.4, -0.2) is 35.4 Å². The van der Waals surface area contributed by atoms with E-state index in [0.717, 1.165) is 11.3 Å². The third kappa shape index (κ3) is 5.39. The third-order valence-electron chi connectivity index (χ3n) is 4.38. The molecule has 1 heterocycles. The van der Waals surface area contributed by atoms with Crippen LogP contribution in [0.4, 0.5) is 0 Å². The first-order chi connectivity index (χ1) is 14.5. The second-order valence-corrected chi connectivity index (χ2v) is 6.90. The number of para-hydroxylation sites is 1. The Morgan fingerprint density at radius 2 is 1.87 bits per heavy atom. The van der Waals surface area contributed by atoms with Gasteiger partial charge in [-0.3, -0.25) is 9.59 Å². The van der Waals surface area contributed by atoms with E-state index in [0.29, 0.717) is 16.5 Å². The summed E-state index contributed by atoms with van der Waals surface area (Å²) in [6.45, 7) is 2.09. The van der Waals surface area contributed by atoms with E-state index < -0.39 is 6.10 Å². The van der Waals surface area contributed by atoms with Gasteiger partial charge in [-0.15, -0.1) is 0 Å². The van der Waals surface area contributed by atoms with E-state index in [9.17, 15) is 9.59 Å². The number of hydrogen-bond donors (Lipinski definition) is 1. The van der Waals surface area contributed by atoms with Crippen LogP contribution in [0.1, 0.15) is 6.92 Å². The molecule has 1 N–H and O–H groups in total. The zero-order valence-corrected chi connectivity index (χ0v) is 17.4. The van der Waals surface area contributed by atoms with Gasteiger partial charge >= 0.3 is 0 Å². The summed E-state index contributed by atoms with van der Waals surface area (Å²) in [6, 6.07) is 17.5. The molecule has 0 fully saturated rings. The van der Waals surface area contributed by atoms with Gasteiger partial charge in [-0.05, 0) is 49.4 Å². The maximum atomic E-state index is 12.3. The van der Waals surface area contributed by atoms with E-state index >= 15 is 0 Å². The van der Waals surface area contributed by atoms with Crippen LogP contribution in [0.2, 0.25) is 5.02 Å². The molecule has 0 saturated carbocycles. The van der Waals surface area contributed by atoms with Gasteiger partial charge in [0.05, 0.1) is 24.4 Å². The average Bonchev–Trinajstić information content (AvgIpc) is 2.76. The minimum Gasteiger partial charge on any atom is -0.497 e. The minimum atomic E-state index is -0.736. The molecule has 1 atom stereocenters. The number of hydrogen-bond acceptors (Lipinski definition) is 5. The van der Waals surface area contributed by atoms with Crippen molar-refractivity contribution >= 4 is 17.5 Å². The molecule has 0 saturated heterocycles. The maximum absolute atomic E-state index is 12.3. The Balaban J connectivity index is 1.59. The molecule has 0 aliphatic heterocycles. The molecule has 156 valence electrons. The Morgan fingerprint density at radius 1 is 1.13 bits per heavy atom. The van der Waals surface area contributed by atoms with Gasteiger partial charge in [0.2, 0.25) is 0 Å². The molecule has 1 aromatic heterocycles. The number of carbonyl (C=O) groups is 1. The van der Waals surface area contributed by atoms with E-state index in [1.807, 2.05) is 24.3 Å². The molecule has 1 unspecified atom stereocenters. The van der Waals surface area contributed by atoms with E-state index in [1.54, 1.807) is 44.4 Å². The highest BCUT2D eigenvalue weighted by Crippen LogP contribution is 2.24. The lowest BCUT2D eigenvalue weighted by Gasteiger charge is -2.15. The SMILES string of the molecule is COc1ccc(-c2ccc(=O)n(CCNC(=O)C(C)Oc3ccccc3Cl)n2)cc1. The first-order valence-electron chi connectivity index (χ1n) is 9.39. The summed E-state index contributed by atoms with van der Waals surface area (Å²) in [5.41, 5.74) is 1.26. The number of nitrogens with one attached hydrogen (secondary N) is 1. The summed E-state index contributed by atoms with van der Waals surface area (Å²) in [6.07, 6.45) is -0.736. The Morgan fingerprint density at radius 3 is 2.57 bits per heavy atom. The highest BCUT2D eigenvalue weighted by atomic mass is 35.5. The van der Waals surface area contributed by atoms with Gasteiger partial charge in [-0.1, -0.05) is 23.7 Å². The average molecular weight is 428 g/mol. The highest BCUT2D eigenvalue weighted by Gasteiger charge is 2.15. The van der Waals surface area contributed by atoms with Crippen molar-refractivity contribution in [1.82, 2.24) is 15.1 Å². The molecule has 0 aliphatic rings. The van der Waals surface area contributed by atoms with Crippen LogP contribution in [0, 0.1) is 0 Å². The lowest BCUT2D eigenvalue weighted by atomic mass is 10.1. The van der Waals surface area contributed by atoms with Gasteiger partial charge in [0.1, 0.15) is 11.5 Å². The first-order valence-corrected chi connectivity index (χ1v) is 9.77. The van der Waals surface area contributed by atoms with E-state index in [1.165, 1.54) is 10.7 Å². The Labute approximate surface area is 179 Å². The molecule has 30 heavy (non-hydrogen) atoms. The predicted molar refractivity (Wildman–Crippen MR) is 115 cm³/mol. The van der Waals surface area contributed by atoms with Gasteiger partial charge in [0.25, 0.3) is 11.5 Å². The fourth-order valence-electron chi connectivity index (χ4n) is 2.74. The summed E-state index contributed by atoms with van der Waals surface area (Å²) in [5.74, 6) is 0.865. The lowest BCUT2D eigenvalue weighted by molar-refractivity contribution is -0.127. The summed E-state index contributed by atoms with van der Waals surface area (Å²) < 4.78 is 12.1. The van der Waals surface area contributed by atoms with Crippen molar-refractivity contribution in [2.45, 2.75) is 19.6 Å². The number of amides is 1. The van der Waals surface area contributed by atoms with Gasteiger partial charge in [-0.2, -0.15) is 5.10 Å². The van der Waals surface area contributed by atoms with Crippen LogP contribution >= 0.6 is 11.6 Å². The van der Waals surface area contributed by atoms with Crippen molar-refractivity contribution in [3.63, 3.8) is 0 Å². The maximum Gasteiger partial charge on any atom is 0.266 e. The number of rotatable bonds is 8. The van der Waals surface area contributed by atoms with Crippen molar-refractivity contribution in [2.75, 3.05) is 13.7 Å². The van der Waals surface area contributed by atoms with Gasteiger partial charge in [-0.25, -0.2) is 4.68 Å². The lowest BCUT2D eigenvalue weighted by Crippen LogP contribution is -2.39. The Bertz CT molecular complexity index is 1070. The summed E-state index contributed by atoms with van der Waals surface area (Å²) in [5, 5.41) is 7.56. The quantitative estimate of drug-likeness (QED) is 0.597. The monoisotopic (exact) mass is 427 g/mol. The minimum absolute atomic E-state index is 0.230. The fourth-order valence-corrected chi connectivity index (χ4v) is 2.92. The highest BCUT2D eigenvalue weighted by molar-refractivity contribution is 6.32. The summed E-state index contributed by atoms with van der Waals surface area (Å²) >= 11 is 6.05. The topological polar surface area (TPSA) is 82.5 Å². The molecular formula is C22H22ClN3O4. The van der Waals surface area contributed by atoms with Crippen LogP contribution in [0.5, 0.6) is 11.5 Å². The normalized spacial score (nSPS) is 11.6. The number of aromatic nitrogens is 2. The van der Waals surface area contributed by atoms with Crippen LogP contribution < -0.4 is 20.3 Å². The molecular weight excluding hydrogens is 406 g/mol. The molecule has 7 nitrogen and oxygen atoms in total. The van der Waals surface area contributed by atoms with Crippen molar-refractivity contribution in [2.24, 2.45) is 0 Å². The van der Waals surface area contributed by atoms with Crippen LogP contribution in [-0.2, 0) is 11.3 Å². The molecule has 0 spiro atoms. The first kappa shape index (κ1) is 21.4. The summed E-state index contributed by atoms with van der Waals surface area (Å²) in [7, 11) is 1.60. The molecule has 3 aromatic rings. The zero-order chi connectivity index (χ0) is 21.5. The van der Waals surface area contributed by atoms with Crippen LogP contribution in [0.15, 0.2) is 65.5 Å². The van der Waals surface area contributed by atoms with E-state index in [2.05, 4.69) is 10.4 Å². The molecule has 0 aliphatic carbocycles. The molecule has 2 aromatic carbocycles. The number of halogens is 1. The van der Waals surface area contributed by atoms with Crippen LogP contribution in [0.25, 0.3) is 11.3 Å². The number of nitrogens with zero attached hydrogens (tertiary/aromatic N) is 2. The second kappa shape index (κ2) is 9.93. The third-order valence-corrected chi connectivity index (χ3v) is 4.70. The van der Waals surface area contributed by atoms with E-state index in [4.69, 9.17) is 21.1 Å². The second-order valence-electron chi connectivity index (χ2n) is 6.49. The summed E-state index contributed by atoms with van der Waals surface area (Å²) in [4.78, 5) is 24.4. The van der Waals surface area contributed by atoms with Crippen molar-refractivity contribution in [3.05, 3.63) is 76.0 Å². The number of ether oxygens (including phenoxy) is 2. The van der Waals surface area contributed by atoms with Crippen molar-refractivity contribution < 1.29 is 14.3 Å². The van der Waals surface area contributed by atoms with Crippen LogP contribution in [0.3, 0.4) is 0 Å².